The molecule has 0 aliphatic carbocycles. The molecule has 0 spiro atoms. The molecule has 3 rings (SSSR count). The zero-order chi connectivity index (χ0) is 14.7. The fourth-order valence-electron chi connectivity index (χ4n) is 2.12. The Morgan fingerprint density at radius 2 is 2.14 bits per heavy atom. The molecule has 0 bridgehead atoms. The molecule has 3 nitrogen and oxygen atoms in total. The van der Waals surface area contributed by atoms with Gasteiger partial charge in [-0.15, -0.1) is 11.3 Å². The van der Waals surface area contributed by atoms with Gasteiger partial charge in [-0.05, 0) is 30.5 Å². The van der Waals surface area contributed by atoms with Crippen LogP contribution < -0.4 is 4.74 Å². The topological polar surface area (TPSA) is 35.5 Å². The molecule has 0 N–H and O–H groups in total. The van der Waals surface area contributed by atoms with E-state index in [-0.39, 0.29) is 0 Å². The van der Waals surface area contributed by atoms with Crippen LogP contribution in [0.1, 0.15) is 17.4 Å². The fraction of sp³-hybridized carbons (Fsp3) is 0.118. The van der Waals surface area contributed by atoms with Crippen molar-refractivity contribution < 1.29 is 14.3 Å². The van der Waals surface area contributed by atoms with E-state index in [2.05, 4.69) is 0 Å². The summed E-state index contributed by atoms with van der Waals surface area (Å²) in [6.07, 6.45) is 3.45. The lowest BCUT2D eigenvalue weighted by Crippen LogP contribution is -2.08. The molecule has 0 saturated carbocycles. The number of hydrogen-bond donors (Lipinski definition) is 0. The Morgan fingerprint density at radius 1 is 1.29 bits per heavy atom. The van der Waals surface area contributed by atoms with Crippen molar-refractivity contribution in [2.75, 3.05) is 6.61 Å². The number of esters is 1. The van der Waals surface area contributed by atoms with E-state index in [1.54, 1.807) is 18.3 Å². The Morgan fingerprint density at radius 3 is 2.90 bits per heavy atom. The predicted octanol–water partition coefficient (Wildman–Crippen LogP) is 4.13. The van der Waals surface area contributed by atoms with Gasteiger partial charge in [0, 0.05) is 16.0 Å². The quantitative estimate of drug-likeness (QED) is 0.631. The van der Waals surface area contributed by atoms with Gasteiger partial charge >= 0.3 is 5.97 Å². The minimum absolute atomic E-state index is 0.344. The predicted molar refractivity (Wildman–Crippen MR) is 84.0 cm³/mol. The third-order valence-electron chi connectivity index (χ3n) is 3.03. The number of benzene rings is 1. The number of thiophene rings is 1. The Labute approximate surface area is 127 Å². The SMILES string of the molecule is CCOC(=O)/C=C1\Oc2ccccc2C=C1c1cccs1. The van der Waals surface area contributed by atoms with Gasteiger partial charge in [0.2, 0.25) is 0 Å². The fourth-order valence-corrected chi connectivity index (χ4v) is 2.86. The van der Waals surface area contributed by atoms with Crippen LogP contribution >= 0.6 is 11.3 Å². The van der Waals surface area contributed by atoms with Gasteiger partial charge in [-0.2, -0.15) is 0 Å². The molecule has 0 atom stereocenters. The van der Waals surface area contributed by atoms with E-state index in [1.807, 2.05) is 47.9 Å². The van der Waals surface area contributed by atoms with Crippen LogP contribution in [0.2, 0.25) is 0 Å². The highest BCUT2D eigenvalue weighted by molar-refractivity contribution is 7.11. The first-order chi connectivity index (χ1) is 10.3. The lowest BCUT2D eigenvalue weighted by atomic mass is 10.0. The molecule has 0 unspecified atom stereocenters. The number of carbonyl (C=O) groups excluding carboxylic acids is 1. The minimum atomic E-state index is -0.394. The molecule has 0 fully saturated rings. The molecule has 2 heterocycles. The lowest BCUT2D eigenvalue weighted by Gasteiger charge is -2.19. The number of hydrogen-bond acceptors (Lipinski definition) is 4. The highest BCUT2D eigenvalue weighted by atomic mass is 32.1. The Hall–Kier alpha value is -2.33. The Bertz CT molecular complexity index is 711. The van der Waals surface area contributed by atoms with Crippen LogP contribution in [-0.4, -0.2) is 12.6 Å². The molecular formula is C17H14O3S. The van der Waals surface area contributed by atoms with Crippen LogP contribution in [0.5, 0.6) is 5.75 Å². The summed E-state index contributed by atoms with van der Waals surface area (Å²) in [7, 11) is 0. The minimum Gasteiger partial charge on any atom is -0.463 e. The second kappa shape index (κ2) is 5.97. The van der Waals surface area contributed by atoms with E-state index >= 15 is 0 Å². The summed E-state index contributed by atoms with van der Waals surface area (Å²) in [5, 5.41) is 2.00. The van der Waals surface area contributed by atoms with Gasteiger partial charge in [0.05, 0.1) is 12.7 Å². The zero-order valence-electron chi connectivity index (χ0n) is 11.5. The van der Waals surface area contributed by atoms with Crippen LogP contribution in [0.25, 0.3) is 11.6 Å². The van der Waals surface area contributed by atoms with Crippen LogP contribution in [-0.2, 0) is 9.53 Å². The van der Waals surface area contributed by atoms with Gasteiger partial charge in [0.1, 0.15) is 11.5 Å². The summed E-state index contributed by atoms with van der Waals surface area (Å²) in [6.45, 7) is 2.13. The first kappa shape index (κ1) is 13.6. The highest BCUT2D eigenvalue weighted by Gasteiger charge is 2.20. The molecule has 0 radical (unpaired) electrons. The second-order valence-electron chi connectivity index (χ2n) is 4.44. The van der Waals surface area contributed by atoms with Gasteiger partial charge in [0.15, 0.2) is 0 Å². The van der Waals surface area contributed by atoms with Crippen molar-refractivity contribution in [2.45, 2.75) is 6.92 Å². The molecule has 1 aromatic carbocycles. The lowest BCUT2D eigenvalue weighted by molar-refractivity contribution is -0.137. The Kier molecular flexibility index (Phi) is 3.88. The van der Waals surface area contributed by atoms with Gasteiger partial charge in [-0.3, -0.25) is 0 Å². The summed E-state index contributed by atoms with van der Waals surface area (Å²) in [5.74, 6) is 0.872. The molecule has 2 aromatic rings. The molecule has 0 amide bonds. The number of ether oxygens (including phenoxy) is 2. The largest absolute Gasteiger partial charge is 0.463 e. The van der Waals surface area contributed by atoms with Crippen molar-refractivity contribution in [3.8, 4) is 5.75 Å². The monoisotopic (exact) mass is 298 g/mol. The van der Waals surface area contributed by atoms with Crippen molar-refractivity contribution in [1.29, 1.82) is 0 Å². The first-order valence-corrected chi connectivity index (χ1v) is 7.57. The third-order valence-corrected chi connectivity index (χ3v) is 3.93. The van der Waals surface area contributed by atoms with Crippen LogP contribution in [0.3, 0.4) is 0 Å². The zero-order valence-corrected chi connectivity index (χ0v) is 12.4. The van der Waals surface area contributed by atoms with Crippen molar-refractivity contribution in [2.24, 2.45) is 0 Å². The molecule has 1 aliphatic rings. The maximum absolute atomic E-state index is 11.7. The molecule has 21 heavy (non-hydrogen) atoms. The number of rotatable bonds is 3. The highest BCUT2D eigenvalue weighted by Crippen LogP contribution is 2.37. The summed E-state index contributed by atoms with van der Waals surface area (Å²) in [6, 6.07) is 11.7. The number of para-hydroxylation sites is 1. The normalized spacial score (nSPS) is 15.1. The van der Waals surface area contributed by atoms with E-state index in [9.17, 15) is 4.79 Å². The molecule has 106 valence electrons. The number of fused-ring (bicyclic) bond motifs is 1. The van der Waals surface area contributed by atoms with Crippen molar-refractivity contribution in [3.63, 3.8) is 0 Å². The summed E-state index contributed by atoms with van der Waals surface area (Å²) < 4.78 is 10.9. The summed E-state index contributed by atoms with van der Waals surface area (Å²) >= 11 is 1.61. The van der Waals surface area contributed by atoms with Gasteiger partial charge < -0.3 is 9.47 Å². The molecular weight excluding hydrogens is 284 g/mol. The molecule has 0 saturated heterocycles. The van der Waals surface area contributed by atoms with Crippen LogP contribution in [0.15, 0.2) is 53.6 Å². The van der Waals surface area contributed by atoms with Crippen molar-refractivity contribution in [3.05, 3.63) is 64.1 Å². The van der Waals surface area contributed by atoms with Gasteiger partial charge in [0.25, 0.3) is 0 Å². The average Bonchev–Trinajstić information content (AvgIpc) is 3.01. The van der Waals surface area contributed by atoms with Crippen molar-refractivity contribution >= 4 is 29.0 Å². The third kappa shape index (κ3) is 2.90. The van der Waals surface area contributed by atoms with Gasteiger partial charge in [-0.1, -0.05) is 24.3 Å². The van der Waals surface area contributed by atoms with Crippen LogP contribution in [0.4, 0.5) is 0 Å². The van der Waals surface area contributed by atoms with E-state index in [1.165, 1.54) is 6.08 Å². The maximum atomic E-state index is 11.7. The van der Waals surface area contributed by atoms with Crippen LogP contribution in [0, 0.1) is 0 Å². The van der Waals surface area contributed by atoms with E-state index in [0.29, 0.717) is 12.4 Å². The molecule has 1 aliphatic heterocycles. The standard InChI is InChI=1S/C17H14O3S/c1-2-19-17(18)11-15-13(16-8-5-9-21-16)10-12-6-3-4-7-14(12)20-15/h3-11H,2H2,1H3/b15-11-. The maximum Gasteiger partial charge on any atom is 0.334 e. The van der Waals surface area contributed by atoms with E-state index in [0.717, 1.165) is 21.8 Å². The van der Waals surface area contributed by atoms with E-state index < -0.39 is 5.97 Å². The molecule has 4 heteroatoms. The van der Waals surface area contributed by atoms with E-state index in [4.69, 9.17) is 9.47 Å². The Balaban J connectivity index is 2.06. The second-order valence-corrected chi connectivity index (χ2v) is 5.38. The summed E-state index contributed by atoms with van der Waals surface area (Å²) in [4.78, 5) is 12.8. The van der Waals surface area contributed by atoms with Crippen molar-refractivity contribution in [1.82, 2.24) is 0 Å². The number of allylic oxidation sites excluding steroid dienone is 1. The summed E-state index contributed by atoms with van der Waals surface area (Å²) in [5.41, 5.74) is 1.90. The molecule has 1 aromatic heterocycles. The van der Waals surface area contributed by atoms with Gasteiger partial charge in [-0.25, -0.2) is 4.79 Å². The average molecular weight is 298 g/mol. The smallest absolute Gasteiger partial charge is 0.334 e. The number of carbonyl (C=O) groups is 1. The first-order valence-electron chi connectivity index (χ1n) is 6.69.